The van der Waals surface area contributed by atoms with Gasteiger partial charge in [0.05, 0.1) is 0 Å². The number of pyridine rings is 1. The van der Waals surface area contributed by atoms with Crippen molar-refractivity contribution in [3.05, 3.63) is 28.5 Å². The summed E-state index contributed by atoms with van der Waals surface area (Å²) in [5.74, 6) is 0.0493. The molecule has 5 heteroatoms. The van der Waals surface area contributed by atoms with Crippen LogP contribution < -0.4 is 5.32 Å². The Bertz CT molecular complexity index is 438. The molecule has 104 valence electrons. The molecule has 19 heavy (non-hydrogen) atoms. The molecule has 4 nitrogen and oxygen atoms in total. The smallest absolute Gasteiger partial charge is 0.273 e. The van der Waals surface area contributed by atoms with Crippen molar-refractivity contribution >= 4 is 21.8 Å². The van der Waals surface area contributed by atoms with E-state index in [0.29, 0.717) is 11.7 Å². The Morgan fingerprint density at radius 1 is 1.58 bits per heavy atom. The maximum Gasteiger partial charge on any atom is 0.273 e. The molecule has 1 saturated heterocycles. The van der Waals surface area contributed by atoms with Gasteiger partial charge in [0.25, 0.3) is 5.91 Å². The quantitative estimate of drug-likeness (QED) is 0.924. The van der Waals surface area contributed by atoms with Gasteiger partial charge in [0, 0.05) is 23.3 Å². The van der Waals surface area contributed by atoms with Crippen LogP contribution in [0.5, 0.6) is 0 Å². The molecule has 0 aromatic carbocycles. The molecule has 0 radical (unpaired) electrons. The molecule has 1 atom stereocenters. The molecule has 0 spiro atoms. The van der Waals surface area contributed by atoms with Crippen molar-refractivity contribution in [1.29, 1.82) is 0 Å². The van der Waals surface area contributed by atoms with Gasteiger partial charge in [-0.25, -0.2) is 4.98 Å². The third-order valence-corrected chi connectivity index (χ3v) is 4.22. The van der Waals surface area contributed by atoms with E-state index in [-0.39, 0.29) is 5.91 Å². The number of rotatable bonds is 4. The lowest BCUT2D eigenvalue weighted by atomic mass is 9.99. The molecule has 2 rings (SSSR count). The molecule has 1 aliphatic heterocycles. The molecule has 1 aromatic rings. The zero-order chi connectivity index (χ0) is 13.7. The van der Waals surface area contributed by atoms with Crippen molar-refractivity contribution in [3.63, 3.8) is 0 Å². The van der Waals surface area contributed by atoms with E-state index < -0.39 is 0 Å². The van der Waals surface area contributed by atoms with Gasteiger partial charge in [-0.05, 0) is 67.3 Å². The highest BCUT2D eigenvalue weighted by atomic mass is 79.9. The summed E-state index contributed by atoms with van der Waals surface area (Å²) in [6.07, 6.45) is 6.07. The van der Waals surface area contributed by atoms with Gasteiger partial charge in [0.15, 0.2) is 0 Å². The highest BCUT2D eigenvalue weighted by molar-refractivity contribution is 9.10. The van der Waals surface area contributed by atoms with Gasteiger partial charge in [0.2, 0.25) is 0 Å². The SMILES string of the molecule is CNCCC1CCCCN1C(=O)c1ncccc1Br. The summed E-state index contributed by atoms with van der Waals surface area (Å²) < 4.78 is 0.776. The van der Waals surface area contributed by atoms with Crippen LogP contribution in [-0.2, 0) is 0 Å². The highest BCUT2D eigenvalue weighted by Gasteiger charge is 2.28. The summed E-state index contributed by atoms with van der Waals surface area (Å²) in [5.41, 5.74) is 0.527. The molecule has 1 fully saturated rings. The maximum absolute atomic E-state index is 12.6. The Morgan fingerprint density at radius 3 is 3.16 bits per heavy atom. The van der Waals surface area contributed by atoms with Crippen molar-refractivity contribution in [1.82, 2.24) is 15.2 Å². The van der Waals surface area contributed by atoms with E-state index >= 15 is 0 Å². The molecule has 1 aliphatic rings. The van der Waals surface area contributed by atoms with Crippen LogP contribution in [0.4, 0.5) is 0 Å². The van der Waals surface area contributed by atoms with Gasteiger partial charge >= 0.3 is 0 Å². The molecule has 0 aliphatic carbocycles. The predicted octanol–water partition coefficient (Wildman–Crippen LogP) is 2.45. The number of hydrogen-bond acceptors (Lipinski definition) is 3. The molecular formula is C14H20BrN3O. The van der Waals surface area contributed by atoms with Crippen molar-refractivity contribution in [3.8, 4) is 0 Å². The average molecular weight is 326 g/mol. The monoisotopic (exact) mass is 325 g/mol. The van der Waals surface area contributed by atoms with E-state index in [2.05, 4.69) is 26.2 Å². The molecule has 2 heterocycles. The molecule has 1 unspecified atom stereocenters. The first-order valence-corrected chi connectivity index (χ1v) is 7.59. The fraction of sp³-hybridized carbons (Fsp3) is 0.571. The van der Waals surface area contributed by atoms with Crippen LogP contribution in [0.25, 0.3) is 0 Å². The van der Waals surface area contributed by atoms with Crippen LogP contribution in [0.2, 0.25) is 0 Å². The van der Waals surface area contributed by atoms with Crippen LogP contribution in [0.3, 0.4) is 0 Å². The van der Waals surface area contributed by atoms with Crippen molar-refractivity contribution in [2.75, 3.05) is 20.1 Å². The average Bonchev–Trinajstić information content (AvgIpc) is 2.45. The summed E-state index contributed by atoms with van der Waals surface area (Å²) in [6.45, 7) is 1.79. The highest BCUT2D eigenvalue weighted by Crippen LogP contribution is 2.23. The number of amides is 1. The topological polar surface area (TPSA) is 45.2 Å². The van der Waals surface area contributed by atoms with Crippen molar-refractivity contribution in [2.24, 2.45) is 0 Å². The van der Waals surface area contributed by atoms with Crippen LogP contribution in [0, 0.1) is 0 Å². The summed E-state index contributed by atoms with van der Waals surface area (Å²) in [7, 11) is 1.95. The number of nitrogens with zero attached hydrogens (tertiary/aromatic N) is 2. The summed E-state index contributed by atoms with van der Waals surface area (Å²) in [6, 6.07) is 4.03. The van der Waals surface area contributed by atoms with Crippen LogP contribution in [0.15, 0.2) is 22.8 Å². The Balaban J connectivity index is 2.13. The fourth-order valence-electron chi connectivity index (χ4n) is 2.56. The molecule has 0 bridgehead atoms. The Kier molecular flexibility index (Phi) is 5.34. The van der Waals surface area contributed by atoms with E-state index in [1.165, 1.54) is 6.42 Å². The van der Waals surface area contributed by atoms with Crippen LogP contribution >= 0.6 is 15.9 Å². The number of likely N-dealkylation sites (tertiary alicyclic amines) is 1. The van der Waals surface area contributed by atoms with Crippen LogP contribution in [0.1, 0.15) is 36.2 Å². The molecule has 1 aromatic heterocycles. The van der Waals surface area contributed by atoms with Crippen molar-refractivity contribution < 1.29 is 4.79 Å². The number of nitrogens with one attached hydrogen (secondary N) is 1. The normalized spacial score (nSPS) is 19.5. The third kappa shape index (κ3) is 3.54. The van der Waals surface area contributed by atoms with Crippen molar-refractivity contribution in [2.45, 2.75) is 31.7 Å². The summed E-state index contributed by atoms with van der Waals surface area (Å²) in [5, 5.41) is 3.16. The Morgan fingerprint density at radius 2 is 2.42 bits per heavy atom. The zero-order valence-corrected chi connectivity index (χ0v) is 12.8. The second-order valence-corrected chi connectivity index (χ2v) is 5.73. The number of halogens is 1. The standard InChI is InChI=1S/C14H20BrN3O/c1-16-9-7-11-5-2-3-10-18(11)14(19)13-12(15)6-4-8-17-13/h4,6,8,11,16H,2-3,5,7,9-10H2,1H3. The summed E-state index contributed by atoms with van der Waals surface area (Å²) >= 11 is 3.41. The summed E-state index contributed by atoms with van der Waals surface area (Å²) in [4.78, 5) is 18.8. The fourth-order valence-corrected chi connectivity index (χ4v) is 2.98. The van der Waals surface area contributed by atoms with Gasteiger partial charge < -0.3 is 10.2 Å². The largest absolute Gasteiger partial charge is 0.334 e. The lowest BCUT2D eigenvalue weighted by molar-refractivity contribution is 0.0595. The van der Waals surface area contributed by atoms with Gasteiger partial charge in [-0.15, -0.1) is 0 Å². The molecule has 0 saturated carbocycles. The van der Waals surface area contributed by atoms with E-state index in [0.717, 1.165) is 36.8 Å². The number of carbonyl (C=O) groups excluding carboxylic acids is 1. The van der Waals surface area contributed by atoms with E-state index in [1.54, 1.807) is 6.20 Å². The van der Waals surface area contributed by atoms with Gasteiger partial charge in [-0.1, -0.05) is 0 Å². The lowest BCUT2D eigenvalue weighted by Crippen LogP contribution is -2.45. The molecular weight excluding hydrogens is 306 g/mol. The van der Waals surface area contributed by atoms with Gasteiger partial charge in [-0.3, -0.25) is 4.79 Å². The maximum atomic E-state index is 12.6. The second-order valence-electron chi connectivity index (χ2n) is 4.87. The van der Waals surface area contributed by atoms with Crippen LogP contribution in [-0.4, -0.2) is 42.0 Å². The van der Waals surface area contributed by atoms with E-state index in [1.807, 2.05) is 24.1 Å². The lowest BCUT2D eigenvalue weighted by Gasteiger charge is -2.35. The third-order valence-electron chi connectivity index (χ3n) is 3.58. The first-order chi connectivity index (χ1) is 9.24. The molecule has 1 amide bonds. The minimum Gasteiger partial charge on any atom is -0.334 e. The minimum absolute atomic E-state index is 0.0493. The van der Waals surface area contributed by atoms with Gasteiger partial charge in [0.1, 0.15) is 5.69 Å². The number of carbonyl (C=O) groups is 1. The number of aromatic nitrogens is 1. The Hall–Kier alpha value is -0.940. The molecule has 1 N–H and O–H groups in total. The number of hydrogen-bond donors (Lipinski definition) is 1. The first-order valence-electron chi connectivity index (χ1n) is 6.80. The van der Waals surface area contributed by atoms with E-state index in [4.69, 9.17) is 0 Å². The van der Waals surface area contributed by atoms with Gasteiger partial charge in [-0.2, -0.15) is 0 Å². The second kappa shape index (κ2) is 7.01. The predicted molar refractivity (Wildman–Crippen MR) is 79.2 cm³/mol. The zero-order valence-electron chi connectivity index (χ0n) is 11.2. The first kappa shape index (κ1) is 14.5. The minimum atomic E-state index is 0.0493. The number of piperidine rings is 1. The Labute approximate surface area is 122 Å². The van der Waals surface area contributed by atoms with E-state index in [9.17, 15) is 4.79 Å².